The first-order valence-electron chi connectivity index (χ1n) is 11.2. The fourth-order valence-electron chi connectivity index (χ4n) is 4.56. The summed E-state index contributed by atoms with van der Waals surface area (Å²) in [7, 11) is 0. The standard InChI is InChI=1S/C30H21ClN2/c31-24-15-10-20(11-16-24)9-12-23-19-29(27-17-14-22-6-2-4-8-26(22)32-27)33-28-18-13-21-5-1-3-7-25(21)30(23)28/h1-8,10-11,13-19H,9,12H2. The molecule has 0 saturated heterocycles. The van der Waals surface area contributed by atoms with Gasteiger partial charge in [0.05, 0.1) is 22.4 Å². The highest BCUT2D eigenvalue weighted by molar-refractivity contribution is 6.30. The number of halogens is 1. The molecule has 0 spiro atoms. The maximum atomic E-state index is 6.09. The molecule has 158 valence electrons. The van der Waals surface area contributed by atoms with E-state index in [4.69, 9.17) is 21.6 Å². The highest BCUT2D eigenvalue weighted by atomic mass is 35.5. The van der Waals surface area contributed by atoms with Gasteiger partial charge in [0.2, 0.25) is 0 Å². The number of aromatic nitrogens is 2. The number of para-hydroxylation sites is 1. The third-order valence-electron chi connectivity index (χ3n) is 6.24. The first kappa shape index (κ1) is 19.9. The molecule has 33 heavy (non-hydrogen) atoms. The van der Waals surface area contributed by atoms with Crippen LogP contribution in [0.1, 0.15) is 11.1 Å². The Morgan fingerprint density at radius 2 is 1.30 bits per heavy atom. The minimum absolute atomic E-state index is 0.767. The van der Waals surface area contributed by atoms with Crippen LogP contribution in [0.3, 0.4) is 0 Å². The minimum Gasteiger partial charge on any atom is -0.246 e. The Hall–Kier alpha value is -3.75. The Bertz CT molecular complexity index is 1620. The number of pyridine rings is 2. The lowest BCUT2D eigenvalue weighted by Gasteiger charge is -2.13. The summed E-state index contributed by atoms with van der Waals surface area (Å²) < 4.78 is 0. The van der Waals surface area contributed by atoms with Crippen molar-refractivity contribution in [3.8, 4) is 11.4 Å². The molecule has 0 radical (unpaired) electrons. The topological polar surface area (TPSA) is 25.8 Å². The summed E-state index contributed by atoms with van der Waals surface area (Å²) in [6.45, 7) is 0. The van der Waals surface area contributed by atoms with Gasteiger partial charge >= 0.3 is 0 Å². The molecule has 0 aliphatic heterocycles. The first-order chi connectivity index (χ1) is 16.2. The maximum absolute atomic E-state index is 6.09. The predicted molar refractivity (Wildman–Crippen MR) is 139 cm³/mol. The van der Waals surface area contributed by atoms with Crippen molar-refractivity contribution >= 4 is 44.2 Å². The van der Waals surface area contributed by atoms with E-state index in [1.807, 2.05) is 24.3 Å². The minimum atomic E-state index is 0.767. The fourth-order valence-corrected chi connectivity index (χ4v) is 4.68. The molecule has 0 amide bonds. The van der Waals surface area contributed by atoms with Gasteiger partial charge < -0.3 is 0 Å². The summed E-state index contributed by atoms with van der Waals surface area (Å²) in [6, 6.07) is 35.6. The molecule has 4 aromatic carbocycles. The molecule has 0 unspecified atom stereocenters. The molecule has 0 N–H and O–H groups in total. The van der Waals surface area contributed by atoms with Crippen LogP contribution in [0, 0.1) is 0 Å². The lowest BCUT2D eigenvalue weighted by Crippen LogP contribution is -1.98. The molecule has 0 aliphatic carbocycles. The van der Waals surface area contributed by atoms with Crippen molar-refractivity contribution in [3.63, 3.8) is 0 Å². The van der Waals surface area contributed by atoms with Crippen LogP contribution in [0.2, 0.25) is 5.02 Å². The first-order valence-corrected chi connectivity index (χ1v) is 11.5. The maximum Gasteiger partial charge on any atom is 0.0896 e. The van der Waals surface area contributed by atoms with Crippen molar-refractivity contribution < 1.29 is 0 Å². The van der Waals surface area contributed by atoms with Gasteiger partial charge in [-0.15, -0.1) is 0 Å². The molecule has 2 aromatic heterocycles. The smallest absolute Gasteiger partial charge is 0.0896 e. The summed E-state index contributed by atoms with van der Waals surface area (Å²) >= 11 is 6.09. The van der Waals surface area contributed by atoms with E-state index in [0.717, 1.165) is 45.7 Å². The van der Waals surface area contributed by atoms with Gasteiger partial charge in [-0.3, -0.25) is 0 Å². The van der Waals surface area contributed by atoms with Crippen LogP contribution < -0.4 is 0 Å². The van der Waals surface area contributed by atoms with Crippen molar-refractivity contribution in [3.05, 3.63) is 119 Å². The molecule has 6 aromatic rings. The summed E-state index contributed by atoms with van der Waals surface area (Å²) in [6.07, 6.45) is 1.85. The fraction of sp³-hybridized carbons (Fsp3) is 0.0667. The number of fused-ring (bicyclic) bond motifs is 4. The second kappa shape index (κ2) is 8.31. The molecule has 3 heteroatoms. The van der Waals surface area contributed by atoms with E-state index >= 15 is 0 Å². The number of nitrogens with zero attached hydrogens (tertiary/aromatic N) is 2. The second-order valence-electron chi connectivity index (χ2n) is 8.36. The average Bonchev–Trinajstić information content (AvgIpc) is 2.87. The summed E-state index contributed by atoms with van der Waals surface area (Å²) in [4.78, 5) is 9.96. The van der Waals surface area contributed by atoms with Crippen molar-refractivity contribution in [2.75, 3.05) is 0 Å². The third-order valence-corrected chi connectivity index (χ3v) is 6.49. The van der Waals surface area contributed by atoms with Crippen LogP contribution in [0.4, 0.5) is 0 Å². The summed E-state index contributed by atoms with van der Waals surface area (Å²) in [5.41, 5.74) is 6.36. The van der Waals surface area contributed by atoms with Crippen LogP contribution >= 0.6 is 11.6 Å². The van der Waals surface area contributed by atoms with Crippen LogP contribution in [-0.2, 0) is 12.8 Å². The number of hydrogen-bond acceptors (Lipinski definition) is 2. The van der Waals surface area contributed by atoms with Gasteiger partial charge in [0.25, 0.3) is 0 Å². The van der Waals surface area contributed by atoms with Gasteiger partial charge in [-0.05, 0) is 71.1 Å². The Labute approximate surface area is 197 Å². The van der Waals surface area contributed by atoms with Crippen LogP contribution in [-0.4, -0.2) is 9.97 Å². The van der Waals surface area contributed by atoms with E-state index in [1.54, 1.807) is 0 Å². The molecule has 6 rings (SSSR count). The van der Waals surface area contributed by atoms with Crippen molar-refractivity contribution in [1.82, 2.24) is 9.97 Å². The Balaban J connectivity index is 1.52. The van der Waals surface area contributed by atoms with E-state index in [1.165, 1.54) is 27.3 Å². The summed E-state index contributed by atoms with van der Waals surface area (Å²) in [5, 5.41) is 5.61. The quantitative estimate of drug-likeness (QED) is 0.257. The SMILES string of the molecule is Clc1ccc(CCc2cc(-c3ccc4ccccc4n3)nc3ccc4ccccc4c23)cc1. The van der Waals surface area contributed by atoms with E-state index in [-0.39, 0.29) is 0 Å². The van der Waals surface area contributed by atoms with Gasteiger partial charge in [-0.2, -0.15) is 0 Å². The van der Waals surface area contributed by atoms with E-state index in [0.29, 0.717) is 0 Å². The van der Waals surface area contributed by atoms with Crippen LogP contribution in [0.15, 0.2) is 103 Å². The van der Waals surface area contributed by atoms with Crippen molar-refractivity contribution in [2.24, 2.45) is 0 Å². The van der Waals surface area contributed by atoms with Crippen molar-refractivity contribution in [1.29, 1.82) is 0 Å². The second-order valence-corrected chi connectivity index (χ2v) is 8.80. The molecule has 0 atom stereocenters. The normalized spacial score (nSPS) is 11.4. The molecule has 0 saturated carbocycles. The van der Waals surface area contributed by atoms with Gasteiger partial charge in [-0.1, -0.05) is 78.3 Å². The predicted octanol–water partition coefficient (Wildman–Crippen LogP) is 8.04. The molecule has 2 nitrogen and oxygen atoms in total. The van der Waals surface area contributed by atoms with Gasteiger partial charge in [0.15, 0.2) is 0 Å². The average molecular weight is 445 g/mol. The third kappa shape index (κ3) is 3.83. The molecule has 2 heterocycles. The molecule has 0 bridgehead atoms. The van der Waals surface area contributed by atoms with Crippen molar-refractivity contribution in [2.45, 2.75) is 12.8 Å². The zero-order chi connectivity index (χ0) is 22.2. The Morgan fingerprint density at radius 3 is 2.18 bits per heavy atom. The van der Waals surface area contributed by atoms with Gasteiger partial charge in [0.1, 0.15) is 0 Å². The lowest BCUT2D eigenvalue weighted by molar-refractivity contribution is 0.968. The Morgan fingerprint density at radius 1 is 0.576 bits per heavy atom. The van der Waals surface area contributed by atoms with Gasteiger partial charge in [0, 0.05) is 15.8 Å². The van der Waals surface area contributed by atoms with Crippen LogP contribution in [0.25, 0.3) is 44.0 Å². The lowest BCUT2D eigenvalue weighted by atomic mass is 9.95. The monoisotopic (exact) mass is 444 g/mol. The molecule has 0 aliphatic rings. The number of rotatable bonds is 4. The number of benzene rings is 4. The Kier molecular flexibility index (Phi) is 5.01. The van der Waals surface area contributed by atoms with E-state index < -0.39 is 0 Å². The van der Waals surface area contributed by atoms with Gasteiger partial charge in [-0.25, -0.2) is 9.97 Å². The zero-order valence-corrected chi connectivity index (χ0v) is 18.8. The largest absolute Gasteiger partial charge is 0.246 e. The van der Waals surface area contributed by atoms with E-state index in [9.17, 15) is 0 Å². The summed E-state index contributed by atoms with van der Waals surface area (Å²) in [5.74, 6) is 0. The van der Waals surface area contributed by atoms with E-state index in [2.05, 4.69) is 78.9 Å². The molecule has 0 fully saturated rings. The number of aryl methyl sites for hydroxylation is 2. The highest BCUT2D eigenvalue weighted by Gasteiger charge is 2.12. The van der Waals surface area contributed by atoms with Crippen LogP contribution in [0.5, 0.6) is 0 Å². The highest BCUT2D eigenvalue weighted by Crippen LogP contribution is 2.31. The molecular weight excluding hydrogens is 424 g/mol. The zero-order valence-electron chi connectivity index (χ0n) is 18.0. The number of hydrogen-bond donors (Lipinski definition) is 0. The molecular formula is C30H21ClN2.